The van der Waals surface area contributed by atoms with Crippen molar-refractivity contribution in [3.8, 4) is 0 Å². The minimum Gasteiger partial charge on any atom is -0.393 e. The summed E-state index contributed by atoms with van der Waals surface area (Å²) in [5, 5.41) is 4.30. The molecule has 0 radical (unpaired) electrons. The molecule has 3 aliphatic rings. The van der Waals surface area contributed by atoms with E-state index in [2.05, 4.69) is 10.1 Å². The van der Waals surface area contributed by atoms with Crippen LogP contribution in [0, 0.1) is 5.92 Å². The van der Waals surface area contributed by atoms with Gasteiger partial charge in [-0.05, 0) is 32.2 Å². The predicted octanol–water partition coefficient (Wildman–Crippen LogP) is 1.25. The summed E-state index contributed by atoms with van der Waals surface area (Å²) in [6, 6.07) is 0. The summed E-state index contributed by atoms with van der Waals surface area (Å²) in [7, 11) is 0. The van der Waals surface area contributed by atoms with Crippen LogP contribution in [0.1, 0.15) is 25.7 Å². The highest BCUT2D eigenvalue weighted by molar-refractivity contribution is 5.91. The number of rotatable bonds is 2. The van der Waals surface area contributed by atoms with Crippen molar-refractivity contribution >= 4 is 5.71 Å². The van der Waals surface area contributed by atoms with E-state index >= 15 is 0 Å². The molecule has 2 atom stereocenters. The molecule has 2 bridgehead atoms. The first-order chi connectivity index (χ1) is 6.42. The van der Waals surface area contributed by atoms with Gasteiger partial charge in [-0.1, -0.05) is 5.16 Å². The molecule has 0 aromatic carbocycles. The van der Waals surface area contributed by atoms with Crippen molar-refractivity contribution in [3.63, 3.8) is 0 Å². The van der Waals surface area contributed by atoms with E-state index in [1.54, 1.807) is 0 Å². The number of hydrogen-bond acceptors (Lipinski definition) is 3. The van der Waals surface area contributed by atoms with Gasteiger partial charge in [0, 0.05) is 19.0 Å². The third-order valence-electron chi connectivity index (χ3n) is 3.50. The van der Waals surface area contributed by atoms with Crippen LogP contribution in [-0.2, 0) is 4.84 Å². The molecule has 13 heavy (non-hydrogen) atoms. The van der Waals surface area contributed by atoms with Crippen molar-refractivity contribution in [2.75, 3.05) is 19.6 Å². The summed E-state index contributed by atoms with van der Waals surface area (Å²) in [5.41, 5.74) is 1.30. The Morgan fingerprint density at radius 3 is 2.77 bits per heavy atom. The highest BCUT2D eigenvalue weighted by Crippen LogP contribution is 2.27. The van der Waals surface area contributed by atoms with E-state index in [4.69, 9.17) is 4.84 Å². The van der Waals surface area contributed by atoms with Crippen molar-refractivity contribution in [2.24, 2.45) is 11.1 Å². The molecule has 0 aromatic rings. The highest BCUT2D eigenvalue weighted by Gasteiger charge is 2.35. The zero-order valence-electron chi connectivity index (χ0n) is 7.91. The second-order valence-electron chi connectivity index (χ2n) is 4.46. The van der Waals surface area contributed by atoms with Crippen molar-refractivity contribution in [3.05, 3.63) is 0 Å². The van der Waals surface area contributed by atoms with Crippen LogP contribution in [0.2, 0.25) is 0 Å². The lowest BCUT2D eigenvalue weighted by Crippen LogP contribution is -2.25. The van der Waals surface area contributed by atoms with Crippen LogP contribution in [0.3, 0.4) is 0 Å². The molecule has 3 nitrogen and oxygen atoms in total. The summed E-state index contributed by atoms with van der Waals surface area (Å²) >= 11 is 0. The second-order valence-corrected chi connectivity index (χ2v) is 4.46. The van der Waals surface area contributed by atoms with Gasteiger partial charge in [-0.3, -0.25) is 4.90 Å². The first-order valence-corrected chi connectivity index (χ1v) is 5.37. The van der Waals surface area contributed by atoms with E-state index in [1.807, 2.05) is 0 Å². The first kappa shape index (κ1) is 7.80. The minimum atomic E-state index is 0.446. The molecule has 0 N–H and O–H groups in total. The maximum absolute atomic E-state index is 5.48. The van der Waals surface area contributed by atoms with Crippen LogP contribution in [-0.4, -0.2) is 36.3 Å². The van der Waals surface area contributed by atoms with Gasteiger partial charge in [0.15, 0.2) is 0 Å². The van der Waals surface area contributed by atoms with Crippen LogP contribution < -0.4 is 0 Å². The molecule has 3 rings (SSSR count). The third kappa shape index (κ3) is 1.35. The zero-order chi connectivity index (χ0) is 8.67. The Labute approximate surface area is 78.7 Å². The summed E-state index contributed by atoms with van der Waals surface area (Å²) in [5.74, 6) is 0.722. The molecule has 3 heteroatoms. The highest BCUT2D eigenvalue weighted by atomic mass is 16.6. The van der Waals surface area contributed by atoms with Crippen LogP contribution >= 0.6 is 0 Å². The molecule has 0 aromatic heterocycles. The lowest BCUT2D eigenvalue weighted by Gasteiger charge is -2.23. The average Bonchev–Trinajstić information content (AvgIpc) is 2.61. The molecule has 72 valence electrons. The third-order valence-corrected chi connectivity index (χ3v) is 3.50. The number of hydrogen-bond donors (Lipinski definition) is 0. The number of piperidine rings is 1. The molecule has 0 spiro atoms. The monoisotopic (exact) mass is 180 g/mol. The molecule has 1 saturated carbocycles. The first-order valence-electron chi connectivity index (χ1n) is 5.37. The van der Waals surface area contributed by atoms with Gasteiger partial charge < -0.3 is 4.84 Å². The zero-order valence-corrected chi connectivity index (χ0v) is 7.91. The lowest BCUT2D eigenvalue weighted by molar-refractivity contribution is 0.00505. The molecule has 2 aliphatic heterocycles. The fourth-order valence-corrected chi connectivity index (χ4v) is 2.33. The van der Waals surface area contributed by atoms with Crippen LogP contribution in [0.4, 0.5) is 0 Å². The van der Waals surface area contributed by atoms with Gasteiger partial charge in [0.2, 0.25) is 0 Å². The van der Waals surface area contributed by atoms with Crippen molar-refractivity contribution in [1.82, 2.24) is 4.90 Å². The quantitative estimate of drug-likeness (QED) is 0.597. The molecule has 3 fully saturated rings. The summed E-state index contributed by atoms with van der Waals surface area (Å²) in [4.78, 5) is 7.94. The van der Waals surface area contributed by atoms with E-state index in [1.165, 1.54) is 44.5 Å². The van der Waals surface area contributed by atoms with Gasteiger partial charge in [-0.2, -0.15) is 0 Å². The fraction of sp³-hybridized carbons (Fsp3) is 0.900. The molecule has 0 amide bonds. The largest absolute Gasteiger partial charge is 0.393 e. The molecule has 2 heterocycles. The summed E-state index contributed by atoms with van der Waals surface area (Å²) < 4.78 is 0. The molecular weight excluding hydrogens is 164 g/mol. The van der Waals surface area contributed by atoms with Gasteiger partial charge in [0.1, 0.15) is 6.10 Å². The Morgan fingerprint density at radius 2 is 2.23 bits per heavy atom. The molecule has 1 aliphatic carbocycles. The average molecular weight is 180 g/mol. The van der Waals surface area contributed by atoms with Crippen molar-refractivity contribution < 1.29 is 4.84 Å². The van der Waals surface area contributed by atoms with Crippen molar-refractivity contribution in [1.29, 1.82) is 0 Å². The van der Waals surface area contributed by atoms with Crippen molar-refractivity contribution in [2.45, 2.75) is 31.8 Å². The standard InChI is InChI=1S/C10H16N2O/c1-2-9(3-1)13-11-10-7-12-5-4-8(10)6-12/h8-9H,1-7H2/b11-10+. The number of oxime groups is 1. The van der Waals surface area contributed by atoms with Gasteiger partial charge in [-0.15, -0.1) is 0 Å². The maximum atomic E-state index is 5.48. The number of nitrogens with zero attached hydrogens (tertiary/aromatic N) is 2. The maximum Gasteiger partial charge on any atom is 0.127 e. The SMILES string of the molecule is C1CC(O/N=C2\CN3CCC2C3)C1. The smallest absolute Gasteiger partial charge is 0.127 e. The fourth-order valence-electron chi connectivity index (χ4n) is 2.33. The van der Waals surface area contributed by atoms with Crippen LogP contribution in [0.25, 0.3) is 0 Å². The van der Waals surface area contributed by atoms with Gasteiger partial charge in [0.05, 0.1) is 5.71 Å². The van der Waals surface area contributed by atoms with Gasteiger partial charge in [-0.25, -0.2) is 0 Å². The minimum absolute atomic E-state index is 0.446. The summed E-state index contributed by atoms with van der Waals surface area (Å²) in [6.45, 7) is 3.57. The topological polar surface area (TPSA) is 24.8 Å². The van der Waals surface area contributed by atoms with Crippen LogP contribution in [0.15, 0.2) is 5.16 Å². The van der Waals surface area contributed by atoms with Gasteiger partial charge in [0.25, 0.3) is 0 Å². The second kappa shape index (κ2) is 2.98. The van der Waals surface area contributed by atoms with E-state index in [-0.39, 0.29) is 0 Å². The lowest BCUT2D eigenvalue weighted by atomic mass is 9.97. The predicted molar refractivity (Wildman–Crippen MR) is 50.7 cm³/mol. The van der Waals surface area contributed by atoms with E-state index in [0.717, 1.165) is 12.5 Å². The molecular formula is C10H16N2O. The van der Waals surface area contributed by atoms with Gasteiger partial charge >= 0.3 is 0 Å². The molecule has 2 unspecified atom stereocenters. The normalized spacial score (nSPS) is 41.1. The van der Waals surface area contributed by atoms with E-state index < -0.39 is 0 Å². The Kier molecular flexibility index (Phi) is 1.79. The molecule has 2 saturated heterocycles. The Balaban J connectivity index is 1.58. The van der Waals surface area contributed by atoms with E-state index in [0.29, 0.717) is 6.10 Å². The summed E-state index contributed by atoms with van der Waals surface area (Å²) in [6.07, 6.45) is 5.50. The van der Waals surface area contributed by atoms with E-state index in [9.17, 15) is 0 Å². The number of fused-ring (bicyclic) bond motifs is 2. The van der Waals surface area contributed by atoms with Crippen LogP contribution in [0.5, 0.6) is 0 Å². The Hall–Kier alpha value is -0.570. The Bertz CT molecular complexity index is 235. The Morgan fingerprint density at radius 1 is 1.31 bits per heavy atom.